The van der Waals surface area contributed by atoms with Crippen LogP contribution in [-0.2, 0) is 9.53 Å². The number of hydrogen-bond acceptors (Lipinski definition) is 4. The Balaban J connectivity index is 2.24. The average Bonchev–Trinajstić information content (AvgIpc) is 3.10. The topological polar surface area (TPSA) is 41.6 Å². The Kier molecular flexibility index (Phi) is 4.95. The molecule has 1 aliphatic carbocycles. The summed E-state index contributed by atoms with van der Waals surface area (Å²) < 4.78 is 4.78. The molecule has 17 heavy (non-hydrogen) atoms. The van der Waals surface area contributed by atoms with E-state index in [1.165, 1.54) is 20.0 Å². The predicted octanol–water partition coefficient (Wildman–Crippen LogP) is 1.26. The van der Waals surface area contributed by atoms with Crippen molar-refractivity contribution in [2.45, 2.75) is 45.7 Å². The number of nitrogens with zero attached hydrogens (tertiary/aromatic N) is 1. The van der Waals surface area contributed by atoms with E-state index in [9.17, 15) is 4.79 Å². The smallest absolute Gasteiger partial charge is 0.312 e. The van der Waals surface area contributed by atoms with Crippen LogP contribution in [0.3, 0.4) is 0 Å². The highest BCUT2D eigenvalue weighted by atomic mass is 16.5. The van der Waals surface area contributed by atoms with Crippen molar-refractivity contribution in [1.29, 1.82) is 0 Å². The van der Waals surface area contributed by atoms with Gasteiger partial charge in [0.25, 0.3) is 0 Å². The quantitative estimate of drug-likeness (QED) is 0.682. The average molecular weight is 242 g/mol. The summed E-state index contributed by atoms with van der Waals surface area (Å²) in [6.45, 7) is 7.59. The van der Waals surface area contributed by atoms with Gasteiger partial charge in [0.15, 0.2) is 0 Å². The molecule has 0 bridgehead atoms. The highest BCUT2D eigenvalue weighted by Gasteiger charge is 2.30. The lowest BCUT2D eigenvalue weighted by Gasteiger charge is -2.27. The molecule has 1 unspecified atom stereocenters. The fourth-order valence-electron chi connectivity index (χ4n) is 1.93. The third-order valence-electron chi connectivity index (χ3n) is 3.56. The molecule has 1 atom stereocenters. The summed E-state index contributed by atoms with van der Waals surface area (Å²) in [6, 6.07) is 1.29. The lowest BCUT2D eigenvalue weighted by Crippen LogP contribution is -2.43. The molecule has 0 aliphatic heterocycles. The van der Waals surface area contributed by atoms with E-state index in [0.717, 1.165) is 12.6 Å². The third-order valence-corrected chi connectivity index (χ3v) is 3.56. The molecule has 4 nitrogen and oxygen atoms in total. The number of methoxy groups -OCH3 is 1. The number of ether oxygens (including phenoxy) is 1. The van der Waals surface area contributed by atoms with E-state index in [4.69, 9.17) is 4.74 Å². The summed E-state index contributed by atoms with van der Waals surface area (Å²) in [5, 5.41) is 3.36. The molecule has 0 radical (unpaired) electrons. The maximum atomic E-state index is 11.5. The number of esters is 1. The van der Waals surface area contributed by atoms with Crippen LogP contribution >= 0.6 is 0 Å². The van der Waals surface area contributed by atoms with Gasteiger partial charge in [-0.1, -0.05) is 0 Å². The van der Waals surface area contributed by atoms with Crippen molar-refractivity contribution < 1.29 is 9.53 Å². The van der Waals surface area contributed by atoms with Gasteiger partial charge in [0.05, 0.1) is 12.5 Å². The summed E-state index contributed by atoms with van der Waals surface area (Å²) in [7, 11) is 3.61. The van der Waals surface area contributed by atoms with Crippen LogP contribution in [0.4, 0.5) is 0 Å². The molecular formula is C13H26N2O2. The van der Waals surface area contributed by atoms with Crippen molar-refractivity contribution in [2.75, 3.05) is 27.2 Å². The van der Waals surface area contributed by atoms with Crippen LogP contribution < -0.4 is 5.32 Å². The molecule has 1 N–H and O–H groups in total. The summed E-state index contributed by atoms with van der Waals surface area (Å²) in [5.41, 5.74) is -0.452. The first-order chi connectivity index (χ1) is 7.88. The van der Waals surface area contributed by atoms with Crippen molar-refractivity contribution in [3.05, 3.63) is 0 Å². The van der Waals surface area contributed by atoms with Gasteiger partial charge in [-0.05, 0) is 40.7 Å². The van der Waals surface area contributed by atoms with Gasteiger partial charge in [-0.15, -0.1) is 0 Å². The molecule has 0 heterocycles. The Morgan fingerprint density at radius 2 is 2.12 bits per heavy atom. The zero-order valence-corrected chi connectivity index (χ0v) is 11.7. The van der Waals surface area contributed by atoms with Crippen LogP contribution in [0.25, 0.3) is 0 Å². The minimum Gasteiger partial charge on any atom is -0.469 e. The summed E-state index contributed by atoms with van der Waals surface area (Å²) in [6.07, 6.45) is 2.66. The summed E-state index contributed by atoms with van der Waals surface area (Å²) in [4.78, 5) is 13.9. The van der Waals surface area contributed by atoms with E-state index in [-0.39, 0.29) is 5.97 Å². The number of carbonyl (C=O) groups is 1. The number of nitrogens with one attached hydrogen (secondary N) is 1. The Hall–Kier alpha value is -0.610. The normalized spacial score (nSPS) is 18.2. The Bertz CT molecular complexity index is 262. The number of carbonyl (C=O) groups excluding carboxylic acids is 1. The molecule has 100 valence electrons. The van der Waals surface area contributed by atoms with Crippen LogP contribution in [-0.4, -0.2) is 50.2 Å². The van der Waals surface area contributed by atoms with E-state index in [1.807, 2.05) is 13.8 Å². The van der Waals surface area contributed by atoms with Crippen LogP contribution in [0.5, 0.6) is 0 Å². The maximum Gasteiger partial charge on any atom is 0.312 e. The van der Waals surface area contributed by atoms with Gasteiger partial charge in [0.1, 0.15) is 0 Å². The van der Waals surface area contributed by atoms with Crippen LogP contribution in [0.15, 0.2) is 0 Å². The first-order valence-corrected chi connectivity index (χ1v) is 6.39. The van der Waals surface area contributed by atoms with E-state index < -0.39 is 5.41 Å². The molecule has 1 aliphatic rings. The molecule has 0 aromatic heterocycles. The SMILES string of the molecule is COC(=O)C(C)(C)CNCC(C)N(C)C1CC1. The fraction of sp³-hybridized carbons (Fsp3) is 0.923. The zero-order chi connectivity index (χ0) is 13.1. The first kappa shape index (κ1) is 14.5. The second-order valence-electron chi connectivity index (χ2n) is 5.75. The third kappa shape index (κ3) is 4.28. The van der Waals surface area contributed by atoms with Crippen molar-refractivity contribution in [2.24, 2.45) is 5.41 Å². The molecule has 0 aromatic carbocycles. The molecule has 0 spiro atoms. The molecular weight excluding hydrogens is 216 g/mol. The molecule has 4 heteroatoms. The largest absolute Gasteiger partial charge is 0.469 e. The van der Waals surface area contributed by atoms with Crippen molar-refractivity contribution >= 4 is 5.97 Å². The van der Waals surface area contributed by atoms with Gasteiger partial charge < -0.3 is 10.1 Å². The standard InChI is InChI=1S/C13H26N2O2/c1-10(15(4)11-6-7-11)8-14-9-13(2,3)12(16)17-5/h10-11,14H,6-9H2,1-5H3. The zero-order valence-electron chi connectivity index (χ0n) is 11.7. The Morgan fingerprint density at radius 1 is 1.53 bits per heavy atom. The van der Waals surface area contributed by atoms with Gasteiger partial charge in [0, 0.05) is 25.2 Å². The fourth-order valence-corrected chi connectivity index (χ4v) is 1.93. The van der Waals surface area contributed by atoms with E-state index in [2.05, 4.69) is 24.2 Å². The molecule has 1 saturated carbocycles. The van der Waals surface area contributed by atoms with Gasteiger partial charge >= 0.3 is 5.97 Å². The maximum absolute atomic E-state index is 11.5. The minimum absolute atomic E-state index is 0.159. The second-order valence-corrected chi connectivity index (χ2v) is 5.75. The Morgan fingerprint density at radius 3 is 2.59 bits per heavy atom. The van der Waals surface area contributed by atoms with Gasteiger partial charge in [-0.2, -0.15) is 0 Å². The summed E-state index contributed by atoms with van der Waals surface area (Å²) >= 11 is 0. The molecule has 0 saturated heterocycles. The Labute approximate surface area is 105 Å². The number of rotatable bonds is 7. The highest BCUT2D eigenvalue weighted by Crippen LogP contribution is 2.26. The van der Waals surface area contributed by atoms with Crippen LogP contribution in [0.1, 0.15) is 33.6 Å². The van der Waals surface area contributed by atoms with Crippen LogP contribution in [0, 0.1) is 5.41 Å². The molecule has 0 amide bonds. The van der Waals surface area contributed by atoms with E-state index in [1.54, 1.807) is 0 Å². The first-order valence-electron chi connectivity index (χ1n) is 6.39. The molecule has 1 rings (SSSR count). The van der Waals surface area contributed by atoms with Gasteiger partial charge in [-0.25, -0.2) is 0 Å². The predicted molar refractivity (Wildman–Crippen MR) is 68.9 cm³/mol. The number of hydrogen-bond donors (Lipinski definition) is 1. The lowest BCUT2D eigenvalue weighted by molar-refractivity contribution is -0.150. The monoisotopic (exact) mass is 242 g/mol. The number of likely N-dealkylation sites (N-methyl/N-ethyl adjacent to an activating group) is 1. The highest BCUT2D eigenvalue weighted by molar-refractivity contribution is 5.76. The van der Waals surface area contributed by atoms with Gasteiger partial charge in [-0.3, -0.25) is 9.69 Å². The lowest BCUT2D eigenvalue weighted by atomic mass is 9.94. The van der Waals surface area contributed by atoms with Crippen molar-refractivity contribution in [3.63, 3.8) is 0 Å². The summed E-state index contributed by atoms with van der Waals surface area (Å²) in [5.74, 6) is -0.159. The molecule has 0 aromatic rings. The van der Waals surface area contributed by atoms with Crippen molar-refractivity contribution in [3.8, 4) is 0 Å². The van der Waals surface area contributed by atoms with Crippen LogP contribution in [0.2, 0.25) is 0 Å². The molecule has 1 fully saturated rings. The van der Waals surface area contributed by atoms with E-state index >= 15 is 0 Å². The second kappa shape index (κ2) is 5.83. The minimum atomic E-state index is -0.452. The van der Waals surface area contributed by atoms with E-state index in [0.29, 0.717) is 12.6 Å². The van der Waals surface area contributed by atoms with Crippen molar-refractivity contribution in [1.82, 2.24) is 10.2 Å². The van der Waals surface area contributed by atoms with Gasteiger partial charge in [0.2, 0.25) is 0 Å².